The summed E-state index contributed by atoms with van der Waals surface area (Å²) in [7, 11) is 0. The van der Waals surface area contributed by atoms with Crippen LogP contribution in [-0.4, -0.2) is 87.5 Å². The summed E-state index contributed by atoms with van der Waals surface area (Å²) in [6.45, 7) is 3.75. The lowest BCUT2D eigenvalue weighted by molar-refractivity contribution is -0.302. The van der Waals surface area contributed by atoms with Gasteiger partial charge in [-0.1, -0.05) is 255 Å². The Bertz CT molecular complexity index is 1240. The number of unbranched alkanes of at least 4 members (excludes halogenated alkanes) is 35. The number of ether oxygens (including phenoxy) is 2. The molecule has 1 amide bonds. The predicted molar refractivity (Wildman–Crippen MR) is 295 cm³/mol. The van der Waals surface area contributed by atoms with Gasteiger partial charge in [0.1, 0.15) is 24.4 Å². The number of hydrogen-bond donors (Lipinski definition) is 6. The van der Waals surface area contributed by atoms with E-state index in [0.717, 1.165) is 64.2 Å². The Labute approximate surface area is 431 Å². The van der Waals surface area contributed by atoms with Crippen molar-refractivity contribution < 1.29 is 39.8 Å². The smallest absolute Gasteiger partial charge is 0.220 e. The first-order chi connectivity index (χ1) is 34.3. The number of aliphatic hydroxyl groups excluding tert-OH is 5. The topological polar surface area (TPSA) is 149 Å². The van der Waals surface area contributed by atoms with Crippen molar-refractivity contribution in [1.29, 1.82) is 0 Å². The van der Waals surface area contributed by atoms with E-state index >= 15 is 0 Å². The molecule has 7 atom stereocenters. The minimum absolute atomic E-state index is 0.200. The van der Waals surface area contributed by atoms with E-state index in [1.54, 1.807) is 6.08 Å². The Morgan fingerprint density at radius 3 is 1.31 bits per heavy atom. The first-order valence-electron chi connectivity index (χ1n) is 29.9. The Morgan fingerprint density at radius 2 is 0.857 bits per heavy atom. The van der Waals surface area contributed by atoms with E-state index in [4.69, 9.17) is 9.47 Å². The van der Waals surface area contributed by atoms with Gasteiger partial charge in [0.15, 0.2) is 6.29 Å². The highest BCUT2D eigenvalue weighted by molar-refractivity contribution is 5.76. The van der Waals surface area contributed by atoms with Crippen molar-refractivity contribution in [2.75, 3.05) is 13.2 Å². The molecule has 1 aliphatic rings. The third-order valence-electron chi connectivity index (χ3n) is 14.1. The molecule has 0 aromatic carbocycles. The van der Waals surface area contributed by atoms with E-state index in [9.17, 15) is 30.3 Å². The fourth-order valence-electron chi connectivity index (χ4n) is 9.38. The number of hydrogen-bond acceptors (Lipinski definition) is 8. The molecule has 6 N–H and O–H groups in total. The Hall–Kier alpha value is -1.85. The molecule has 0 aliphatic carbocycles. The number of carbonyl (C=O) groups is 1. The zero-order chi connectivity index (χ0) is 50.8. The summed E-state index contributed by atoms with van der Waals surface area (Å²) >= 11 is 0. The van der Waals surface area contributed by atoms with Crippen LogP contribution in [0.3, 0.4) is 0 Å². The van der Waals surface area contributed by atoms with Crippen LogP contribution in [0.4, 0.5) is 0 Å². The van der Waals surface area contributed by atoms with Crippen LogP contribution < -0.4 is 5.32 Å². The molecule has 1 aliphatic heterocycles. The Balaban J connectivity index is 2.18. The van der Waals surface area contributed by atoms with Crippen LogP contribution >= 0.6 is 0 Å². The average Bonchev–Trinajstić information content (AvgIpc) is 3.36. The van der Waals surface area contributed by atoms with Gasteiger partial charge in [-0.15, -0.1) is 0 Å². The zero-order valence-electron chi connectivity index (χ0n) is 45.5. The zero-order valence-corrected chi connectivity index (χ0v) is 45.5. The van der Waals surface area contributed by atoms with Crippen molar-refractivity contribution >= 4 is 5.91 Å². The summed E-state index contributed by atoms with van der Waals surface area (Å²) in [5.74, 6) is -0.200. The van der Waals surface area contributed by atoms with Crippen molar-refractivity contribution in [3.05, 3.63) is 48.6 Å². The van der Waals surface area contributed by atoms with Crippen LogP contribution in [0.15, 0.2) is 48.6 Å². The number of aliphatic hydroxyl groups is 5. The normalized spacial score (nSPS) is 19.7. The maximum atomic E-state index is 13.0. The maximum absolute atomic E-state index is 13.0. The van der Waals surface area contributed by atoms with Gasteiger partial charge in [0.2, 0.25) is 5.91 Å². The summed E-state index contributed by atoms with van der Waals surface area (Å²) in [4.78, 5) is 13.0. The third-order valence-corrected chi connectivity index (χ3v) is 14.1. The fourth-order valence-corrected chi connectivity index (χ4v) is 9.38. The fraction of sp³-hybridized carbons (Fsp3) is 0.852. The number of rotatable bonds is 51. The van der Waals surface area contributed by atoms with Crippen LogP contribution in [0.5, 0.6) is 0 Å². The second-order valence-electron chi connectivity index (χ2n) is 20.8. The van der Waals surface area contributed by atoms with Crippen LogP contribution in [0.1, 0.15) is 277 Å². The molecule has 1 rings (SSSR count). The van der Waals surface area contributed by atoms with Crippen molar-refractivity contribution in [2.45, 2.75) is 320 Å². The van der Waals surface area contributed by atoms with Crippen molar-refractivity contribution in [2.24, 2.45) is 0 Å². The first kappa shape index (κ1) is 66.2. The maximum Gasteiger partial charge on any atom is 0.220 e. The van der Waals surface area contributed by atoms with Crippen LogP contribution in [-0.2, 0) is 14.3 Å². The molecule has 0 spiro atoms. The molecule has 0 radical (unpaired) electrons. The van der Waals surface area contributed by atoms with Crippen molar-refractivity contribution in [1.82, 2.24) is 5.32 Å². The molecule has 0 saturated carbocycles. The van der Waals surface area contributed by atoms with Gasteiger partial charge in [0.05, 0.1) is 25.4 Å². The number of nitrogens with one attached hydrogen (secondary N) is 1. The first-order valence-corrected chi connectivity index (χ1v) is 29.9. The summed E-state index contributed by atoms with van der Waals surface area (Å²) in [5.41, 5.74) is 0. The molecule has 7 unspecified atom stereocenters. The van der Waals surface area contributed by atoms with Crippen molar-refractivity contribution in [3.8, 4) is 0 Å². The monoisotopic (exact) mass is 988 g/mol. The number of amides is 1. The second kappa shape index (κ2) is 50.7. The molecule has 9 heteroatoms. The van der Waals surface area contributed by atoms with Crippen LogP contribution in [0.2, 0.25) is 0 Å². The SMILES string of the molecule is CCCCC/C=C\C/C=C\CCCCCCCC(=O)NC(COC1OC(CO)C(O)C(O)C1O)C(O)/C=C/CC/C=C/CCCCCCCCCCCCCCCCCCCCCCCCCCCC. The van der Waals surface area contributed by atoms with Gasteiger partial charge >= 0.3 is 0 Å². The van der Waals surface area contributed by atoms with Gasteiger partial charge in [-0.3, -0.25) is 4.79 Å². The van der Waals surface area contributed by atoms with Gasteiger partial charge in [0, 0.05) is 6.42 Å². The van der Waals surface area contributed by atoms with Gasteiger partial charge < -0.3 is 40.3 Å². The highest BCUT2D eigenvalue weighted by Crippen LogP contribution is 2.23. The molecule has 70 heavy (non-hydrogen) atoms. The lowest BCUT2D eigenvalue weighted by atomic mass is 9.99. The van der Waals surface area contributed by atoms with Gasteiger partial charge in [-0.25, -0.2) is 0 Å². The average molecular weight is 989 g/mol. The Morgan fingerprint density at radius 1 is 0.486 bits per heavy atom. The standard InChI is InChI=1S/C61H113NO8/c1-3-5-7-9-11-13-15-17-19-20-21-22-23-24-25-26-27-28-29-30-31-32-33-34-35-37-38-40-42-44-46-48-50-55(64)54(53-69-61-60(68)59(67)58(66)56(52-63)70-61)62-57(65)51-49-47-45-43-41-39-36-18-16-14-12-10-8-6-4-2/h12,14,18,36,40,42,48,50,54-56,58-61,63-64,66-68H,3-11,13,15-17,19-35,37-39,41,43-47,49,51-53H2,1-2H3,(H,62,65)/b14-12-,36-18-,42-40+,50-48+. The molecule has 9 nitrogen and oxygen atoms in total. The van der Waals surface area contributed by atoms with Crippen LogP contribution in [0, 0.1) is 0 Å². The van der Waals surface area contributed by atoms with Gasteiger partial charge in [0.25, 0.3) is 0 Å². The van der Waals surface area contributed by atoms with E-state index in [2.05, 4.69) is 55.6 Å². The highest BCUT2D eigenvalue weighted by Gasteiger charge is 2.44. The largest absolute Gasteiger partial charge is 0.394 e. The molecule has 0 aromatic rings. The quantitative estimate of drug-likeness (QED) is 0.0261. The molecule has 1 fully saturated rings. The predicted octanol–water partition coefficient (Wildman–Crippen LogP) is 14.9. The lowest BCUT2D eigenvalue weighted by Gasteiger charge is -2.40. The third kappa shape index (κ3) is 39.7. The molecular formula is C61H113NO8. The molecule has 0 bridgehead atoms. The minimum atomic E-state index is -1.58. The number of allylic oxidation sites excluding steroid dienone is 7. The van der Waals surface area contributed by atoms with Crippen molar-refractivity contribution in [3.63, 3.8) is 0 Å². The summed E-state index contributed by atoms with van der Waals surface area (Å²) in [5, 5.41) is 54.4. The van der Waals surface area contributed by atoms with Gasteiger partial charge in [-0.2, -0.15) is 0 Å². The van der Waals surface area contributed by atoms with Crippen LogP contribution in [0.25, 0.3) is 0 Å². The molecule has 410 valence electrons. The van der Waals surface area contributed by atoms with E-state index in [-0.39, 0.29) is 12.5 Å². The minimum Gasteiger partial charge on any atom is -0.394 e. The molecule has 1 saturated heterocycles. The Kier molecular flexibility index (Phi) is 47.9. The van der Waals surface area contributed by atoms with Gasteiger partial charge in [-0.05, 0) is 64.2 Å². The molecule has 0 aromatic heterocycles. The van der Waals surface area contributed by atoms with E-state index < -0.39 is 49.5 Å². The summed E-state index contributed by atoms with van der Waals surface area (Å²) in [6.07, 6.45) is 60.6. The molecule has 1 heterocycles. The van der Waals surface area contributed by atoms with E-state index in [1.807, 2.05) is 6.08 Å². The lowest BCUT2D eigenvalue weighted by Crippen LogP contribution is -2.60. The van der Waals surface area contributed by atoms with E-state index in [0.29, 0.717) is 6.42 Å². The highest BCUT2D eigenvalue weighted by atomic mass is 16.7. The number of carbonyl (C=O) groups excluding carboxylic acids is 1. The second-order valence-corrected chi connectivity index (χ2v) is 20.8. The molecular weight excluding hydrogens is 875 g/mol. The van der Waals surface area contributed by atoms with E-state index in [1.165, 1.54) is 193 Å². The summed E-state index contributed by atoms with van der Waals surface area (Å²) < 4.78 is 11.2. The summed E-state index contributed by atoms with van der Waals surface area (Å²) in [6, 6.07) is -0.830.